The number of hydrogen-bond donors (Lipinski definition) is 2. The number of carbonyl (C=O) groups is 2. The molecular formula is C26H24N4O3. The van der Waals surface area contributed by atoms with Crippen molar-refractivity contribution in [2.24, 2.45) is 0 Å². The molecule has 4 aromatic rings. The molecule has 0 atom stereocenters. The molecule has 7 heteroatoms. The molecular weight excluding hydrogens is 416 g/mol. The van der Waals surface area contributed by atoms with Crippen molar-refractivity contribution in [3.8, 4) is 11.3 Å². The van der Waals surface area contributed by atoms with Gasteiger partial charge in [-0.15, -0.1) is 0 Å². The molecule has 2 aromatic heterocycles. The van der Waals surface area contributed by atoms with E-state index >= 15 is 0 Å². The standard InChI is InChI=1S/C26H24N4O3/c31-22(15-17-7-3-1-4-8-17)27-13-14-28-25(32)20-16-21(18-11-12-18)29-26-23(20)24(30-33-26)19-9-5-2-6-10-19/h1-10,16,18H,11-15H2,(H,27,31)(H,28,32). The second-order valence-corrected chi connectivity index (χ2v) is 8.21. The Kier molecular flexibility index (Phi) is 5.85. The van der Waals surface area contributed by atoms with Gasteiger partial charge in [-0.3, -0.25) is 9.59 Å². The molecule has 0 saturated heterocycles. The molecule has 0 radical (unpaired) electrons. The van der Waals surface area contributed by atoms with Crippen molar-refractivity contribution in [2.75, 3.05) is 13.1 Å². The third-order valence-corrected chi connectivity index (χ3v) is 5.69. The Morgan fingerprint density at radius 2 is 1.64 bits per heavy atom. The molecule has 0 unspecified atom stereocenters. The van der Waals surface area contributed by atoms with Gasteiger partial charge in [-0.1, -0.05) is 65.8 Å². The number of aromatic nitrogens is 2. The van der Waals surface area contributed by atoms with Crippen LogP contribution < -0.4 is 10.6 Å². The summed E-state index contributed by atoms with van der Waals surface area (Å²) in [5.74, 6) is 0.0497. The van der Waals surface area contributed by atoms with Crippen molar-refractivity contribution < 1.29 is 14.1 Å². The summed E-state index contributed by atoms with van der Waals surface area (Å²) in [4.78, 5) is 29.9. The van der Waals surface area contributed by atoms with Crippen LogP contribution >= 0.6 is 0 Å². The lowest BCUT2D eigenvalue weighted by Crippen LogP contribution is -2.35. The van der Waals surface area contributed by atoms with E-state index < -0.39 is 0 Å². The number of carbonyl (C=O) groups excluding carboxylic acids is 2. The van der Waals surface area contributed by atoms with E-state index in [0.29, 0.717) is 47.8 Å². The molecule has 0 spiro atoms. The summed E-state index contributed by atoms with van der Waals surface area (Å²) < 4.78 is 5.53. The topological polar surface area (TPSA) is 97.1 Å². The number of fused-ring (bicyclic) bond motifs is 1. The summed E-state index contributed by atoms with van der Waals surface area (Å²) in [6.45, 7) is 0.657. The van der Waals surface area contributed by atoms with Crippen LogP contribution in [0.15, 0.2) is 71.3 Å². The molecule has 7 nitrogen and oxygen atoms in total. The van der Waals surface area contributed by atoms with Crippen LogP contribution in [0.5, 0.6) is 0 Å². The second-order valence-electron chi connectivity index (χ2n) is 8.21. The molecule has 5 rings (SSSR count). The van der Waals surface area contributed by atoms with Crippen LogP contribution in [-0.2, 0) is 11.2 Å². The fourth-order valence-electron chi connectivity index (χ4n) is 3.85. The zero-order chi connectivity index (χ0) is 22.6. The van der Waals surface area contributed by atoms with E-state index in [1.807, 2.05) is 66.7 Å². The molecule has 166 valence electrons. The van der Waals surface area contributed by atoms with Gasteiger partial charge in [-0.25, -0.2) is 4.98 Å². The maximum Gasteiger partial charge on any atom is 0.259 e. The minimum absolute atomic E-state index is 0.0804. The van der Waals surface area contributed by atoms with Gasteiger partial charge in [0.25, 0.3) is 11.6 Å². The predicted octanol–water partition coefficient (Wildman–Crippen LogP) is 3.86. The number of hydrogen-bond acceptors (Lipinski definition) is 5. The Bertz CT molecular complexity index is 1280. The summed E-state index contributed by atoms with van der Waals surface area (Å²) in [7, 11) is 0. The number of benzene rings is 2. The fourth-order valence-corrected chi connectivity index (χ4v) is 3.85. The highest BCUT2D eigenvalue weighted by Crippen LogP contribution is 2.41. The number of amides is 2. The summed E-state index contributed by atoms with van der Waals surface area (Å²) in [6.07, 6.45) is 2.44. The van der Waals surface area contributed by atoms with Crippen molar-refractivity contribution in [3.05, 3.63) is 83.6 Å². The highest BCUT2D eigenvalue weighted by molar-refractivity contribution is 6.09. The lowest BCUT2D eigenvalue weighted by Gasteiger charge is -2.09. The van der Waals surface area contributed by atoms with Gasteiger partial charge in [0.15, 0.2) is 0 Å². The minimum Gasteiger partial charge on any atom is -0.354 e. The van der Waals surface area contributed by atoms with Crippen LogP contribution in [0.4, 0.5) is 0 Å². The molecule has 2 amide bonds. The molecule has 2 heterocycles. The van der Waals surface area contributed by atoms with Gasteiger partial charge in [0, 0.05) is 30.3 Å². The quantitative estimate of drug-likeness (QED) is 0.406. The summed E-state index contributed by atoms with van der Waals surface area (Å²) in [5, 5.41) is 10.6. The summed E-state index contributed by atoms with van der Waals surface area (Å²) in [5.41, 5.74) is 4.14. The van der Waals surface area contributed by atoms with Crippen LogP contribution in [0.1, 0.15) is 40.4 Å². The van der Waals surface area contributed by atoms with Gasteiger partial charge >= 0.3 is 0 Å². The Morgan fingerprint density at radius 1 is 0.939 bits per heavy atom. The maximum absolute atomic E-state index is 13.2. The molecule has 1 fully saturated rings. The van der Waals surface area contributed by atoms with Gasteiger partial charge in [-0.05, 0) is 24.5 Å². The van der Waals surface area contributed by atoms with Crippen molar-refractivity contribution in [1.29, 1.82) is 0 Å². The molecule has 0 aliphatic heterocycles. The highest BCUT2D eigenvalue weighted by Gasteiger charge is 2.29. The van der Waals surface area contributed by atoms with E-state index in [1.165, 1.54) is 0 Å². The van der Waals surface area contributed by atoms with Crippen molar-refractivity contribution >= 4 is 22.9 Å². The first kappa shape index (κ1) is 20.9. The number of pyridine rings is 1. The molecule has 2 N–H and O–H groups in total. The first-order valence-electron chi connectivity index (χ1n) is 11.1. The minimum atomic E-state index is -0.234. The first-order chi connectivity index (χ1) is 16.2. The molecule has 1 aliphatic carbocycles. The number of nitrogens with zero attached hydrogens (tertiary/aromatic N) is 2. The van der Waals surface area contributed by atoms with Crippen LogP contribution in [0.2, 0.25) is 0 Å². The van der Waals surface area contributed by atoms with Crippen molar-refractivity contribution in [2.45, 2.75) is 25.2 Å². The predicted molar refractivity (Wildman–Crippen MR) is 125 cm³/mol. The fraction of sp³-hybridized carbons (Fsp3) is 0.231. The third-order valence-electron chi connectivity index (χ3n) is 5.69. The van der Waals surface area contributed by atoms with Crippen molar-refractivity contribution in [3.63, 3.8) is 0 Å². The average Bonchev–Trinajstić information content (AvgIpc) is 3.61. The Labute approximate surface area is 191 Å². The van der Waals surface area contributed by atoms with E-state index in [4.69, 9.17) is 4.52 Å². The molecule has 1 saturated carbocycles. The van der Waals surface area contributed by atoms with Crippen LogP contribution in [0.3, 0.4) is 0 Å². The zero-order valence-corrected chi connectivity index (χ0v) is 18.1. The van der Waals surface area contributed by atoms with E-state index in [-0.39, 0.29) is 11.8 Å². The summed E-state index contributed by atoms with van der Waals surface area (Å²) in [6, 6.07) is 21.0. The SMILES string of the molecule is O=C(Cc1ccccc1)NCCNC(=O)c1cc(C2CC2)nc2onc(-c3ccccc3)c12. The largest absolute Gasteiger partial charge is 0.354 e. The van der Waals surface area contributed by atoms with Gasteiger partial charge in [-0.2, -0.15) is 0 Å². The average molecular weight is 441 g/mol. The normalized spacial score (nSPS) is 13.1. The second kappa shape index (κ2) is 9.24. The molecule has 33 heavy (non-hydrogen) atoms. The van der Waals surface area contributed by atoms with Crippen LogP contribution in [0, 0.1) is 0 Å². The van der Waals surface area contributed by atoms with Crippen molar-refractivity contribution in [1.82, 2.24) is 20.8 Å². The molecule has 2 aromatic carbocycles. The highest BCUT2D eigenvalue weighted by atomic mass is 16.5. The third kappa shape index (κ3) is 4.77. The number of rotatable bonds is 8. The van der Waals surface area contributed by atoms with E-state index in [0.717, 1.165) is 29.7 Å². The summed E-state index contributed by atoms with van der Waals surface area (Å²) >= 11 is 0. The molecule has 0 bridgehead atoms. The lowest BCUT2D eigenvalue weighted by atomic mass is 10.0. The zero-order valence-electron chi connectivity index (χ0n) is 18.1. The Morgan fingerprint density at radius 3 is 2.36 bits per heavy atom. The van der Waals surface area contributed by atoms with Gasteiger partial charge in [0.05, 0.1) is 17.4 Å². The lowest BCUT2D eigenvalue weighted by molar-refractivity contribution is -0.120. The molecule has 1 aliphatic rings. The first-order valence-corrected chi connectivity index (χ1v) is 11.1. The van der Waals surface area contributed by atoms with Crippen LogP contribution in [0.25, 0.3) is 22.4 Å². The maximum atomic E-state index is 13.2. The van der Waals surface area contributed by atoms with Gasteiger partial charge in [0.2, 0.25) is 5.91 Å². The van der Waals surface area contributed by atoms with E-state index in [2.05, 4.69) is 20.8 Å². The van der Waals surface area contributed by atoms with E-state index in [9.17, 15) is 9.59 Å². The number of nitrogens with one attached hydrogen (secondary N) is 2. The monoisotopic (exact) mass is 440 g/mol. The Hall–Kier alpha value is -4.00. The van der Waals surface area contributed by atoms with Crippen LogP contribution in [-0.4, -0.2) is 35.0 Å². The Balaban J connectivity index is 1.30. The van der Waals surface area contributed by atoms with Gasteiger partial charge in [0.1, 0.15) is 5.69 Å². The smallest absolute Gasteiger partial charge is 0.259 e. The van der Waals surface area contributed by atoms with Gasteiger partial charge < -0.3 is 15.2 Å². The van der Waals surface area contributed by atoms with E-state index in [1.54, 1.807) is 0 Å².